The highest BCUT2D eigenvalue weighted by atomic mass is 16.5. The topological polar surface area (TPSA) is 90.6 Å². The number of benzene rings is 1. The van der Waals surface area contributed by atoms with Crippen LogP contribution in [0.25, 0.3) is 0 Å². The van der Waals surface area contributed by atoms with E-state index in [0.29, 0.717) is 11.5 Å². The first-order valence-electron chi connectivity index (χ1n) is 6.09. The van der Waals surface area contributed by atoms with Gasteiger partial charge in [-0.1, -0.05) is 0 Å². The van der Waals surface area contributed by atoms with Gasteiger partial charge in [-0.25, -0.2) is 15.1 Å². The number of hydrogen-bond acceptors (Lipinski definition) is 6. The molecule has 0 aliphatic carbocycles. The van der Waals surface area contributed by atoms with Crippen LogP contribution in [-0.4, -0.2) is 41.1 Å². The van der Waals surface area contributed by atoms with Gasteiger partial charge in [-0.2, -0.15) is 10.2 Å². The predicted molar refractivity (Wildman–Crippen MR) is 75.3 cm³/mol. The van der Waals surface area contributed by atoms with E-state index in [4.69, 9.17) is 9.47 Å². The van der Waals surface area contributed by atoms with E-state index in [1.165, 1.54) is 23.6 Å². The molecule has 1 aromatic carbocycles. The summed E-state index contributed by atoms with van der Waals surface area (Å²) in [6.07, 6.45) is 4.31. The van der Waals surface area contributed by atoms with Gasteiger partial charge < -0.3 is 9.47 Å². The quantitative estimate of drug-likeness (QED) is 0.615. The Bertz CT molecular complexity index is 625. The molecular formula is C13H15N5O3. The molecule has 0 saturated heterocycles. The molecule has 8 nitrogen and oxygen atoms in total. The Morgan fingerprint density at radius 3 is 2.95 bits per heavy atom. The average Bonchev–Trinajstić information content (AvgIpc) is 3.00. The highest BCUT2D eigenvalue weighted by Crippen LogP contribution is 2.22. The lowest BCUT2D eigenvalue weighted by Gasteiger charge is -2.06. The molecule has 0 unspecified atom stereocenters. The average molecular weight is 289 g/mol. The van der Waals surface area contributed by atoms with E-state index in [9.17, 15) is 4.79 Å². The van der Waals surface area contributed by atoms with Crippen molar-refractivity contribution in [3.63, 3.8) is 0 Å². The molecule has 0 fully saturated rings. The number of ether oxygens (including phenoxy) is 2. The summed E-state index contributed by atoms with van der Waals surface area (Å²) in [6.45, 7) is 0.0527. The number of nitrogens with zero attached hydrogens (tertiary/aromatic N) is 4. The van der Waals surface area contributed by atoms with Crippen LogP contribution in [0.3, 0.4) is 0 Å². The summed E-state index contributed by atoms with van der Waals surface area (Å²) in [4.78, 5) is 15.3. The lowest BCUT2D eigenvalue weighted by molar-refractivity contribution is -0.121. The molecule has 0 aliphatic rings. The van der Waals surface area contributed by atoms with Gasteiger partial charge in [0.15, 0.2) is 0 Å². The van der Waals surface area contributed by atoms with Crippen molar-refractivity contribution >= 4 is 12.1 Å². The number of methoxy groups -OCH3 is 2. The second-order valence-corrected chi connectivity index (χ2v) is 3.99. The number of carbonyl (C=O) groups is 1. The van der Waals surface area contributed by atoms with E-state index in [1.54, 1.807) is 32.4 Å². The standard InChI is InChI=1S/C13H15N5O3/c1-20-11-4-3-10(12(5-11)21-2)6-15-17-13(19)7-18-9-14-8-16-18/h3-6,8-9H,7H2,1-2H3,(H,17,19)/b15-6-. The van der Waals surface area contributed by atoms with E-state index < -0.39 is 0 Å². The van der Waals surface area contributed by atoms with Crippen molar-refractivity contribution in [2.45, 2.75) is 6.54 Å². The zero-order valence-corrected chi connectivity index (χ0v) is 11.7. The number of hydrogen-bond donors (Lipinski definition) is 1. The number of amides is 1. The van der Waals surface area contributed by atoms with Crippen LogP contribution in [0.2, 0.25) is 0 Å². The summed E-state index contributed by atoms with van der Waals surface area (Å²) in [5.41, 5.74) is 3.13. The fourth-order valence-corrected chi connectivity index (χ4v) is 1.60. The molecule has 2 rings (SSSR count). The SMILES string of the molecule is COc1ccc(/C=N\NC(=O)Cn2cncn2)c(OC)c1. The van der Waals surface area contributed by atoms with Gasteiger partial charge in [-0.05, 0) is 12.1 Å². The van der Waals surface area contributed by atoms with Gasteiger partial charge in [0, 0.05) is 11.6 Å². The molecule has 0 radical (unpaired) electrons. The molecule has 2 aromatic rings. The predicted octanol–water partition coefficient (Wildman–Crippen LogP) is 0.446. The maximum absolute atomic E-state index is 11.6. The number of nitrogens with one attached hydrogen (secondary N) is 1. The monoisotopic (exact) mass is 289 g/mol. The lowest BCUT2D eigenvalue weighted by Crippen LogP contribution is -2.23. The van der Waals surface area contributed by atoms with Crippen molar-refractivity contribution in [2.75, 3.05) is 14.2 Å². The van der Waals surface area contributed by atoms with Gasteiger partial charge in [-0.15, -0.1) is 0 Å². The summed E-state index contributed by atoms with van der Waals surface area (Å²) >= 11 is 0. The highest BCUT2D eigenvalue weighted by molar-refractivity contribution is 5.85. The first-order chi connectivity index (χ1) is 10.2. The molecule has 0 bridgehead atoms. The molecule has 21 heavy (non-hydrogen) atoms. The van der Waals surface area contributed by atoms with Gasteiger partial charge in [0.25, 0.3) is 5.91 Å². The molecule has 0 atom stereocenters. The smallest absolute Gasteiger partial charge is 0.261 e. The molecule has 1 N–H and O–H groups in total. The maximum atomic E-state index is 11.6. The minimum atomic E-state index is -0.302. The molecular weight excluding hydrogens is 274 g/mol. The number of aromatic nitrogens is 3. The Balaban J connectivity index is 1.96. The van der Waals surface area contributed by atoms with Crippen LogP contribution in [-0.2, 0) is 11.3 Å². The Morgan fingerprint density at radius 2 is 2.29 bits per heavy atom. The summed E-state index contributed by atoms with van der Waals surface area (Å²) in [5.74, 6) is 0.979. The van der Waals surface area contributed by atoms with Crippen molar-refractivity contribution in [3.8, 4) is 11.5 Å². The third-order valence-corrected chi connectivity index (χ3v) is 2.61. The third kappa shape index (κ3) is 4.03. The molecule has 8 heteroatoms. The van der Waals surface area contributed by atoms with Gasteiger partial charge >= 0.3 is 0 Å². The fourth-order valence-electron chi connectivity index (χ4n) is 1.60. The van der Waals surface area contributed by atoms with Crippen LogP contribution in [0, 0.1) is 0 Å². The second-order valence-electron chi connectivity index (χ2n) is 3.99. The van der Waals surface area contributed by atoms with Crippen LogP contribution >= 0.6 is 0 Å². The van der Waals surface area contributed by atoms with E-state index in [2.05, 4.69) is 20.6 Å². The van der Waals surface area contributed by atoms with Crippen molar-refractivity contribution in [1.82, 2.24) is 20.2 Å². The first-order valence-corrected chi connectivity index (χ1v) is 6.09. The molecule has 0 spiro atoms. The number of rotatable bonds is 6. The lowest BCUT2D eigenvalue weighted by atomic mass is 10.2. The molecule has 1 amide bonds. The van der Waals surface area contributed by atoms with Gasteiger partial charge in [0.05, 0.1) is 20.4 Å². The summed E-state index contributed by atoms with van der Waals surface area (Å²) in [5, 5.41) is 7.71. The molecule has 110 valence electrons. The molecule has 0 aliphatic heterocycles. The zero-order chi connectivity index (χ0) is 15.1. The van der Waals surface area contributed by atoms with Crippen molar-refractivity contribution in [2.24, 2.45) is 5.10 Å². The summed E-state index contributed by atoms with van der Waals surface area (Å²) in [7, 11) is 3.13. The maximum Gasteiger partial charge on any atom is 0.261 e. The van der Waals surface area contributed by atoms with E-state index in [0.717, 1.165) is 5.56 Å². The van der Waals surface area contributed by atoms with E-state index in [-0.39, 0.29) is 12.5 Å². The van der Waals surface area contributed by atoms with Crippen LogP contribution < -0.4 is 14.9 Å². The van der Waals surface area contributed by atoms with Gasteiger partial charge in [0.1, 0.15) is 30.7 Å². The Kier molecular flexibility index (Phi) is 4.86. The Labute approximate surface area is 121 Å². The number of hydrazone groups is 1. The molecule has 1 aromatic heterocycles. The fraction of sp³-hybridized carbons (Fsp3) is 0.231. The van der Waals surface area contributed by atoms with Crippen molar-refractivity contribution < 1.29 is 14.3 Å². The zero-order valence-electron chi connectivity index (χ0n) is 11.7. The first kappa shape index (κ1) is 14.5. The van der Waals surface area contributed by atoms with Crippen molar-refractivity contribution in [3.05, 3.63) is 36.4 Å². The Hall–Kier alpha value is -2.90. The van der Waals surface area contributed by atoms with Crippen molar-refractivity contribution in [1.29, 1.82) is 0 Å². The minimum absolute atomic E-state index is 0.0527. The van der Waals surface area contributed by atoms with Gasteiger partial charge in [0.2, 0.25) is 0 Å². The van der Waals surface area contributed by atoms with Crippen LogP contribution in [0.4, 0.5) is 0 Å². The minimum Gasteiger partial charge on any atom is -0.497 e. The third-order valence-electron chi connectivity index (χ3n) is 2.61. The normalized spacial score (nSPS) is 10.6. The number of carbonyl (C=O) groups excluding carboxylic acids is 1. The van der Waals surface area contributed by atoms with Gasteiger partial charge in [-0.3, -0.25) is 4.79 Å². The van der Waals surface area contributed by atoms with Crippen LogP contribution in [0.5, 0.6) is 11.5 Å². The van der Waals surface area contributed by atoms with Crippen LogP contribution in [0.15, 0.2) is 36.0 Å². The van der Waals surface area contributed by atoms with E-state index in [1.807, 2.05) is 0 Å². The molecule has 1 heterocycles. The summed E-state index contributed by atoms with van der Waals surface area (Å²) in [6, 6.07) is 5.30. The second kappa shape index (κ2) is 7.04. The van der Waals surface area contributed by atoms with Crippen LogP contribution in [0.1, 0.15) is 5.56 Å². The Morgan fingerprint density at radius 1 is 1.43 bits per heavy atom. The summed E-state index contributed by atoms with van der Waals surface area (Å²) < 4.78 is 11.7. The highest BCUT2D eigenvalue weighted by Gasteiger charge is 2.04. The van der Waals surface area contributed by atoms with E-state index >= 15 is 0 Å². The molecule has 0 saturated carbocycles. The largest absolute Gasteiger partial charge is 0.497 e.